The van der Waals surface area contributed by atoms with Crippen molar-refractivity contribution in [3.05, 3.63) is 63.7 Å². The topological polar surface area (TPSA) is 144 Å². The zero-order chi connectivity index (χ0) is 21.5. The third-order valence-corrected chi connectivity index (χ3v) is 4.65. The molecule has 2 aromatic carbocycles. The Morgan fingerprint density at radius 1 is 1.13 bits per heavy atom. The summed E-state index contributed by atoms with van der Waals surface area (Å²) in [5, 5.41) is 43.7. The van der Waals surface area contributed by atoms with Crippen LogP contribution in [0.5, 0.6) is 11.5 Å². The summed E-state index contributed by atoms with van der Waals surface area (Å²) in [5.74, 6) is 1.34. The Hall–Kier alpha value is -2.76. The number of non-ortho nitro benzene ring substituents is 1. The SMILES string of the molecule is O=[N+]([O-])c1ccc([C@H](O)[C@H](CO)NC[C@@H](O)COCc2ccc3c(c2)OCO3)cc1. The van der Waals surface area contributed by atoms with Crippen LogP contribution in [-0.4, -0.2) is 58.9 Å². The fourth-order valence-electron chi connectivity index (χ4n) is 2.99. The van der Waals surface area contributed by atoms with Crippen LogP contribution in [0.1, 0.15) is 17.2 Å². The number of nitro benzene ring substituents is 1. The van der Waals surface area contributed by atoms with Gasteiger partial charge in [0, 0.05) is 18.7 Å². The Labute approximate surface area is 172 Å². The highest BCUT2D eigenvalue weighted by molar-refractivity contribution is 5.44. The van der Waals surface area contributed by atoms with Gasteiger partial charge in [-0.3, -0.25) is 10.1 Å². The Kier molecular flexibility index (Phi) is 7.55. The van der Waals surface area contributed by atoms with Gasteiger partial charge in [0.05, 0.1) is 43.0 Å². The predicted molar refractivity (Wildman–Crippen MR) is 105 cm³/mol. The van der Waals surface area contributed by atoms with E-state index < -0.39 is 23.2 Å². The molecule has 1 aliphatic rings. The number of nitrogens with zero attached hydrogens (tertiary/aromatic N) is 1. The smallest absolute Gasteiger partial charge is 0.269 e. The van der Waals surface area contributed by atoms with E-state index in [1.807, 2.05) is 12.1 Å². The van der Waals surface area contributed by atoms with E-state index in [9.17, 15) is 25.4 Å². The summed E-state index contributed by atoms with van der Waals surface area (Å²) in [6.45, 7) is 0.219. The number of rotatable bonds is 11. The van der Waals surface area contributed by atoms with E-state index in [2.05, 4.69) is 5.32 Å². The maximum Gasteiger partial charge on any atom is 0.269 e. The Balaban J connectivity index is 1.43. The molecule has 0 unspecified atom stereocenters. The molecular formula is C20H24N2O8. The number of nitro groups is 1. The summed E-state index contributed by atoms with van der Waals surface area (Å²) in [6.07, 6.45) is -1.96. The summed E-state index contributed by atoms with van der Waals surface area (Å²) < 4.78 is 16.1. The van der Waals surface area contributed by atoms with Crippen molar-refractivity contribution < 1.29 is 34.5 Å². The number of fused-ring (bicyclic) bond motifs is 1. The van der Waals surface area contributed by atoms with Gasteiger partial charge in [-0.1, -0.05) is 6.07 Å². The van der Waals surface area contributed by atoms with E-state index in [0.29, 0.717) is 17.1 Å². The van der Waals surface area contributed by atoms with Crippen LogP contribution >= 0.6 is 0 Å². The van der Waals surface area contributed by atoms with Crippen molar-refractivity contribution in [2.45, 2.75) is 24.9 Å². The molecule has 0 bridgehead atoms. The van der Waals surface area contributed by atoms with Gasteiger partial charge in [-0.15, -0.1) is 0 Å². The van der Waals surface area contributed by atoms with Crippen molar-refractivity contribution in [1.29, 1.82) is 0 Å². The molecule has 0 fully saturated rings. The van der Waals surface area contributed by atoms with Crippen LogP contribution in [0.25, 0.3) is 0 Å². The van der Waals surface area contributed by atoms with Gasteiger partial charge in [-0.05, 0) is 35.4 Å². The zero-order valence-electron chi connectivity index (χ0n) is 16.1. The monoisotopic (exact) mass is 420 g/mol. The first-order valence-corrected chi connectivity index (χ1v) is 9.39. The van der Waals surface area contributed by atoms with Crippen molar-refractivity contribution in [2.24, 2.45) is 0 Å². The summed E-state index contributed by atoms with van der Waals surface area (Å²) >= 11 is 0. The molecule has 30 heavy (non-hydrogen) atoms. The zero-order valence-corrected chi connectivity index (χ0v) is 16.1. The number of aliphatic hydroxyl groups excluding tert-OH is 3. The van der Waals surface area contributed by atoms with Gasteiger partial charge >= 0.3 is 0 Å². The number of nitrogens with one attached hydrogen (secondary N) is 1. The fraction of sp³-hybridized carbons (Fsp3) is 0.400. The van der Waals surface area contributed by atoms with Gasteiger partial charge in [0.25, 0.3) is 5.69 Å². The van der Waals surface area contributed by atoms with Gasteiger partial charge in [-0.2, -0.15) is 0 Å². The Morgan fingerprint density at radius 3 is 2.57 bits per heavy atom. The standard InChI is InChI=1S/C20H24N2O8/c23-9-17(20(25)14-2-4-15(5-3-14)22(26)27)21-8-16(24)11-28-10-13-1-6-18-19(7-13)30-12-29-18/h1-7,16-17,20-21,23-25H,8-12H2/t16-,17+,20+/m1/s1. The molecule has 1 aliphatic heterocycles. The highest BCUT2D eigenvalue weighted by Crippen LogP contribution is 2.32. The van der Waals surface area contributed by atoms with Crippen molar-refractivity contribution in [2.75, 3.05) is 26.6 Å². The number of benzene rings is 2. The quantitative estimate of drug-likeness (QED) is 0.308. The number of hydrogen-bond donors (Lipinski definition) is 4. The third-order valence-electron chi connectivity index (χ3n) is 4.65. The molecule has 3 atom stereocenters. The van der Waals surface area contributed by atoms with Crippen LogP contribution in [0.3, 0.4) is 0 Å². The predicted octanol–water partition coefficient (Wildman–Crippen LogP) is 0.885. The van der Waals surface area contributed by atoms with Crippen molar-refractivity contribution in [3.8, 4) is 11.5 Å². The van der Waals surface area contributed by atoms with E-state index >= 15 is 0 Å². The highest BCUT2D eigenvalue weighted by Gasteiger charge is 2.22. The van der Waals surface area contributed by atoms with Gasteiger partial charge in [0.2, 0.25) is 6.79 Å². The minimum absolute atomic E-state index is 0.0488. The fourth-order valence-corrected chi connectivity index (χ4v) is 2.99. The van der Waals surface area contributed by atoms with Crippen LogP contribution in [0, 0.1) is 10.1 Å². The summed E-state index contributed by atoms with van der Waals surface area (Å²) in [6, 6.07) is 10.1. The molecule has 0 radical (unpaired) electrons. The Bertz CT molecular complexity index is 845. The lowest BCUT2D eigenvalue weighted by Gasteiger charge is -2.24. The normalized spacial score (nSPS) is 15.6. The second-order valence-electron chi connectivity index (χ2n) is 6.85. The van der Waals surface area contributed by atoms with Crippen LogP contribution < -0.4 is 14.8 Å². The molecule has 3 rings (SSSR count). The first kappa shape index (κ1) is 21.9. The number of aliphatic hydroxyl groups is 3. The van der Waals surface area contributed by atoms with Gasteiger partial charge in [-0.25, -0.2) is 0 Å². The van der Waals surface area contributed by atoms with Gasteiger partial charge < -0.3 is 34.8 Å². The largest absolute Gasteiger partial charge is 0.454 e. The summed E-state index contributed by atoms with van der Waals surface area (Å²) in [4.78, 5) is 10.2. The lowest BCUT2D eigenvalue weighted by atomic mass is 10.0. The first-order chi connectivity index (χ1) is 14.5. The molecule has 0 spiro atoms. The molecule has 0 saturated heterocycles. The Morgan fingerprint density at radius 2 is 1.87 bits per heavy atom. The maximum absolute atomic E-state index is 10.7. The average molecular weight is 420 g/mol. The molecule has 2 aromatic rings. The van der Waals surface area contributed by atoms with E-state index in [1.54, 1.807) is 6.07 Å². The lowest BCUT2D eigenvalue weighted by molar-refractivity contribution is -0.384. The van der Waals surface area contributed by atoms with E-state index in [0.717, 1.165) is 5.56 Å². The second kappa shape index (κ2) is 10.3. The van der Waals surface area contributed by atoms with Crippen molar-refractivity contribution >= 4 is 5.69 Å². The second-order valence-corrected chi connectivity index (χ2v) is 6.85. The average Bonchev–Trinajstić information content (AvgIpc) is 3.22. The number of hydrogen-bond acceptors (Lipinski definition) is 9. The minimum atomic E-state index is -1.10. The molecular weight excluding hydrogens is 396 g/mol. The van der Waals surface area contributed by atoms with Crippen LogP contribution in [0.2, 0.25) is 0 Å². The molecule has 0 saturated carbocycles. The van der Waals surface area contributed by atoms with Crippen LogP contribution in [0.15, 0.2) is 42.5 Å². The summed E-state index contributed by atoms with van der Waals surface area (Å²) in [7, 11) is 0. The minimum Gasteiger partial charge on any atom is -0.454 e. The van der Waals surface area contributed by atoms with Gasteiger partial charge in [0.1, 0.15) is 0 Å². The molecule has 10 heteroatoms. The molecule has 162 valence electrons. The van der Waals surface area contributed by atoms with Gasteiger partial charge in [0.15, 0.2) is 11.5 Å². The van der Waals surface area contributed by atoms with Crippen molar-refractivity contribution in [1.82, 2.24) is 5.32 Å². The molecule has 0 amide bonds. The molecule has 0 aromatic heterocycles. The van der Waals surface area contributed by atoms with E-state index in [-0.39, 0.29) is 38.8 Å². The molecule has 1 heterocycles. The van der Waals surface area contributed by atoms with Crippen molar-refractivity contribution in [3.63, 3.8) is 0 Å². The van der Waals surface area contributed by atoms with Crippen LogP contribution in [0.4, 0.5) is 5.69 Å². The number of ether oxygens (including phenoxy) is 3. The van der Waals surface area contributed by atoms with Crippen LogP contribution in [-0.2, 0) is 11.3 Å². The third kappa shape index (κ3) is 5.65. The van der Waals surface area contributed by atoms with E-state index in [1.165, 1.54) is 24.3 Å². The molecule has 0 aliphatic carbocycles. The highest BCUT2D eigenvalue weighted by atomic mass is 16.7. The molecule has 10 nitrogen and oxygen atoms in total. The lowest BCUT2D eigenvalue weighted by Crippen LogP contribution is -2.43. The summed E-state index contributed by atoms with van der Waals surface area (Å²) in [5.41, 5.74) is 1.21. The van der Waals surface area contributed by atoms with E-state index in [4.69, 9.17) is 14.2 Å². The maximum atomic E-state index is 10.7. The first-order valence-electron chi connectivity index (χ1n) is 9.39. The molecule has 4 N–H and O–H groups in total.